The second-order valence-electron chi connectivity index (χ2n) is 7.90. The Kier molecular flexibility index (Phi) is 6.92. The summed E-state index contributed by atoms with van der Waals surface area (Å²) in [4.78, 5) is 31.9. The van der Waals surface area contributed by atoms with Gasteiger partial charge in [0.1, 0.15) is 5.82 Å². The fraction of sp³-hybridized carbons (Fsp3) is 0.292. The molecule has 4 rings (SSSR count). The number of amides is 2. The highest BCUT2D eigenvalue weighted by Crippen LogP contribution is 2.24. The van der Waals surface area contributed by atoms with Crippen molar-refractivity contribution in [3.05, 3.63) is 82.1 Å². The monoisotopic (exact) mass is 452 g/mol. The van der Waals surface area contributed by atoms with E-state index in [-0.39, 0.29) is 24.2 Å². The largest absolute Gasteiger partial charge is 0.354 e. The van der Waals surface area contributed by atoms with Crippen molar-refractivity contribution >= 4 is 28.3 Å². The molecular formula is C24H25FN4O2S. The van der Waals surface area contributed by atoms with E-state index in [2.05, 4.69) is 15.6 Å². The molecule has 0 fully saturated rings. The third-order valence-corrected chi connectivity index (χ3v) is 6.36. The summed E-state index contributed by atoms with van der Waals surface area (Å²) < 4.78 is 13.1. The Hall–Kier alpha value is -3.10. The molecule has 1 aromatic heterocycles. The predicted molar refractivity (Wildman–Crippen MR) is 123 cm³/mol. The molecule has 0 bridgehead atoms. The molecule has 0 saturated carbocycles. The van der Waals surface area contributed by atoms with Crippen LogP contribution in [0.3, 0.4) is 0 Å². The summed E-state index contributed by atoms with van der Waals surface area (Å²) >= 11 is 1.38. The van der Waals surface area contributed by atoms with E-state index < -0.39 is 6.04 Å². The van der Waals surface area contributed by atoms with Gasteiger partial charge in [-0.3, -0.25) is 14.5 Å². The lowest BCUT2D eigenvalue weighted by Crippen LogP contribution is -2.52. The summed E-state index contributed by atoms with van der Waals surface area (Å²) in [5.74, 6) is -0.581. The van der Waals surface area contributed by atoms with Crippen LogP contribution in [0.15, 0.2) is 53.9 Å². The molecule has 2 heterocycles. The number of fused-ring (bicyclic) bond motifs is 1. The number of carbonyl (C=O) groups is 2. The number of thiazole rings is 1. The van der Waals surface area contributed by atoms with Crippen LogP contribution in [0.1, 0.15) is 22.4 Å². The van der Waals surface area contributed by atoms with Gasteiger partial charge >= 0.3 is 0 Å². The molecule has 166 valence electrons. The number of carbonyl (C=O) groups excluding carboxylic acids is 2. The molecule has 1 aliphatic heterocycles. The van der Waals surface area contributed by atoms with Crippen LogP contribution in [0.4, 0.5) is 9.52 Å². The highest BCUT2D eigenvalue weighted by Gasteiger charge is 2.32. The van der Waals surface area contributed by atoms with Crippen molar-refractivity contribution in [1.29, 1.82) is 0 Å². The van der Waals surface area contributed by atoms with Gasteiger partial charge in [0.05, 0.1) is 18.3 Å². The average Bonchev–Trinajstić information content (AvgIpc) is 3.18. The SMILES string of the molecule is Cc1csc(NC(=O)CN2Cc3ccccc3CC2C(=O)NCCc2ccc(F)cc2)n1. The fourth-order valence-corrected chi connectivity index (χ4v) is 4.56. The number of halogens is 1. The van der Waals surface area contributed by atoms with Crippen LogP contribution in [0.5, 0.6) is 0 Å². The number of anilines is 1. The van der Waals surface area contributed by atoms with Crippen molar-refractivity contribution in [3.8, 4) is 0 Å². The summed E-state index contributed by atoms with van der Waals surface area (Å²) in [7, 11) is 0. The second kappa shape index (κ2) is 10.0. The Bertz CT molecular complexity index is 1100. The first kappa shape index (κ1) is 22.1. The molecule has 1 atom stereocenters. The number of benzene rings is 2. The number of nitrogens with one attached hydrogen (secondary N) is 2. The predicted octanol–water partition coefficient (Wildman–Crippen LogP) is 3.31. The van der Waals surface area contributed by atoms with Gasteiger partial charge in [0.2, 0.25) is 11.8 Å². The molecule has 1 unspecified atom stereocenters. The molecule has 1 aliphatic rings. The molecule has 32 heavy (non-hydrogen) atoms. The van der Waals surface area contributed by atoms with Gasteiger partial charge in [-0.2, -0.15) is 0 Å². The van der Waals surface area contributed by atoms with Gasteiger partial charge in [0.25, 0.3) is 0 Å². The van der Waals surface area contributed by atoms with E-state index in [4.69, 9.17) is 0 Å². The van der Waals surface area contributed by atoms with Gasteiger partial charge in [-0.05, 0) is 48.6 Å². The first-order chi connectivity index (χ1) is 15.5. The Labute approximate surface area is 190 Å². The van der Waals surface area contributed by atoms with Crippen molar-refractivity contribution < 1.29 is 14.0 Å². The van der Waals surface area contributed by atoms with Crippen LogP contribution >= 0.6 is 11.3 Å². The van der Waals surface area contributed by atoms with Crippen LogP contribution in [0.25, 0.3) is 0 Å². The highest BCUT2D eigenvalue weighted by molar-refractivity contribution is 7.13. The number of aryl methyl sites for hydroxylation is 1. The number of nitrogens with zero attached hydrogens (tertiary/aromatic N) is 2. The van der Waals surface area contributed by atoms with E-state index in [1.165, 1.54) is 23.5 Å². The van der Waals surface area contributed by atoms with Crippen LogP contribution in [0, 0.1) is 12.7 Å². The minimum Gasteiger partial charge on any atom is -0.354 e. The van der Waals surface area contributed by atoms with Gasteiger partial charge in [-0.15, -0.1) is 11.3 Å². The molecule has 3 aromatic rings. The Morgan fingerprint density at radius 2 is 1.91 bits per heavy atom. The van der Waals surface area contributed by atoms with Crippen molar-refractivity contribution in [2.45, 2.75) is 32.4 Å². The normalized spacial score (nSPS) is 15.8. The maximum atomic E-state index is 13.1. The third-order valence-electron chi connectivity index (χ3n) is 5.49. The van der Waals surface area contributed by atoms with Crippen LogP contribution in [0.2, 0.25) is 0 Å². The lowest BCUT2D eigenvalue weighted by molar-refractivity contribution is -0.128. The van der Waals surface area contributed by atoms with Crippen LogP contribution < -0.4 is 10.6 Å². The minimum atomic E-state index is -0.443. The van der Waals surface area contributed by atoms with Crippen molar-refractivity contribution in [2.75, 3.05) is 18.4 Å². The Balaban J connectivity index is 1.41. The quantitative estimate of drug-likeness (QED) is 0.577. The summed E-state index contributed by atoms with van der Waals surface area (Å²) in [6.45, 7) is 2.95. The standard InChI is InChI=1S/C24H25FN4O2S/c1-16-15-32-24(27-16)28-22(30)14-29-13-19-5-3-2-4-18(19)12-21(29)23(31)26-11-10-17-6-8-20(25)9-7-17/h2-9,15,21H,10-14H2,1H3,(H,26,31)(H,27,28,30). The van der Waals surface area contributed by atoms with Crippen LogP contribution in [-0.2, 0) is 29.0 Å². The van der Waals surface area contributed by atoms with E-state index in [1.807, 2.05) is 41.5 Å². The molecule has 0 radical (unpaired) electrons. The lowest BCUT2D eigenvalue weighted by atomic mass is 9.93. The zero-order valence-corrected chi connectivity index (χ0v) is 18.6. The topological polar surface area (TPSA) is 74.3 Å². The second-order valence-corrected chi connectivity index (χ2v) is 8.76. The Morgan fingerprint density at radius 3 is 2.62 bits per heavy atom. The van der Waals surface area contributed by atoms with E-state index in [1.54, 1.807) is 12.1 Å². The Morgan fingerprint density at radius 1 is 1.16 bits per heavy atom. The van der Waals surface area contributed by atoms with E-state index in [9.17, 15) is 14.0 Å². The molecule has 2 amide bonds. The van der Waals surface area contributed by atoms with Gasteiger partial charge in [0, 0.05) is 18.5 Å². The number of hydrogen-bond acceptors (Lipinski definition) is 5. The summed E-state index contributed by atoms with van der Waals surface area (Å²) in [5, 5.41) is 8.25. The molecule has 0 spiro atoms. The summed E-state index contributed by atoms with van der Waals surface area (Å²) in [6, 6.07) is 13.8. The first-order valence-electron chi connectivity index (χ1n) is 10.5. The highest BCUT2D eigenvalue weighted by atomic mass is 32.1. The van der Waals surface area contributed by atoms with Crippen molar-refractivity contribution in [3.63, 3.8) is 0 Å². The number of hydrogen-bond donors (Lipinski definition) is 2. The van der Waals surface area contributed by atoms with Gasteiger partial charge in [-0.25, -0.2) is 9.37 Å². The van der Waals surface area contributed by atoms with E-state index in [0.29, 0.717) is 31.1 Å². The fourth-order valence-electron chi connectivity index (χ4n) is 3.86. The van der Waals surface area contributed by atoms with Crippen molar-refractivity contribution in [2.24, 2.45) is 0 Å². The molecule has 6 nitrogen and oxygen atoms in total. The average molecular weight is 453 g/mol. The van der Waals surface area contributed by atoms with Crippen LogP contribution in [-0.4, -0.2) is 40.8 Å². The van der Waals surface area contributed by atoms with E-state index >= 15 is 0 Å². The zero-order valence-electron chi connectivity index (χ0n) is 17.8. The zero-order chi connectivity index (χ0) is 22.5. The molecule has 0 saturated heterocycles. The molecule has 8 heteroatoms. The maximum Gasteiger partial charge on any atom is 0.240 e. The minimum absolute atomic E-state index is 0.100. The van der Waals surface area contributed by atoms with Gasteiger partial charge in [0.15, 0.2) is 5.13 Å². The van der Waals surface area contributed by atoms with Gasteiger partial charge in [-0.1, -0.05) is 36.4 Å². The summed E-state index contributed by atoms with van der Waals surface area (Å²) in [6.07, 6.45) is 1.15. The van der Waals surface area contributed by atoms with Gasteiger partial charge < -0.3 is 10.6 Å². The first-order valence-corrected chi connectivity index (χ1v) is 11.4. The smallest absolute Gasteiger partial charge is 0.240 e. The maximum absolute atomic E-state index is 13.1. The van der Waals surface area contributed by atoms with E-state index in [0.717, 1.165) is 22.4 Å². The van der Waals surface area contributed by atoms with Crippen molar-refractivity contribution in [1.82, 2.24) is 15.2 Å². The molecule has 0 aliphatic carbocycles. The molecular weight excluding hydrogens is 427 g/mol. The third kappa shape index (κ3) is 5.57. The number of aromatic nitrogens is 1. The number of rotatable bonds is 7. The molecule has 2 N–H and O–H groups in total. The summed E-state index contributed by atoms with van der Waals surface area (Å²) in [5.41, 5.74) is 4.06. The molecule has 2 aromatic carbocycles. The lowest BCUT2D eigenvalue weighted by Gasteiger charge is -2.35.